The van der Waals surface area contributed by atoms with E-state index < -0.39 is 0 Å². The van der Waals surface area contributed by atoms with Gasteiger partial charge in [-0.25, -0.2) is 4.98 Å². The van der Waals surface area contributed by atoms with Crippen LogP contribution < -0.4 is 14.5 Å². The first kappa shape index (κ1) is 18.6. The average molecular weight is 377 g/mol. The van der Waals surface area contributed by atoms with Crippen molar-refractivity contribution in [3.8, 4) is 5.75 Å². The Morgan fingerprint density at radius 1 is 1.14 bits per heavy atom. The standard InChI is InChI=1S/C23H27N3O2/c1-16-5-4-6-18-13-19(15-27)23(24-22(16)18)26-12-11-25(14-17(26)2)20-7-9-21(28-3)10-8-20/h4-10,13,17,27H,11-12,14-15H2,1-3H3/t17-/m1/s1. The van der Waals surface area contributed by atoms with Gasteiger partial charge in [0.05, 0.1) is 19.2 Å². The molecule has 0 aliphatic carbocycles. The largest absolute Gasteiger partial charge is 0.497 e. The quantitative estimate of drug-likeness (QED) is 0.750. The second-order valence-corrected chi connectivity index (χ2v) is 7.46. The molecule has 4 rings (SSSR count). The number of anilines is 2. The van der Waals surface area contributed by atoms with E-state index in [1.807, 2.05) is 18.2 Å². The van der Waals surface area contributed by atoms with E-state index in [2.05, 4.69) is 54.0 Å². The summed E-state index contributed by atoms with van der Waals surface area (Å²) < 4.78 is 5.26. The number of aliphatic hydroxyl groups is 1. The molecule has 1 aromatic heterocycles. The van der Waals surface area contributed by atoms with Crippen LogP contribution in [0.1, 0.15) is 18.1 Å². The van der Waals surface area contributed by atoms with Crippen LogP contribution in [0.25, 0.3) is 10.9 Å². The zero-order valence-electron chi connectivity index (χ0n) is 16.7. The maximum atomic E-state index is 9.95. The van der Waals surface area contributed by atoms with E-state index in [0.717, 1.165) is 53.2 Å². The summed E-state index contributed by atoms with van der Waals surface area (Å²) in [4.78, 5) is 9.70. The van der Waals surface area contributed by atoms with E-state index in [9.17, 15) is 5.11 Å². The number of para-hydroxylation sites is 1. The SMILES string of the molecule is COc1ccc(N2CCN(c3nc4c(C)cccc4cc3CO)[C@H](C)C2)cc1. The van der Waals surface area contributed by atoms with Gasteiger partial charge in [0.25, 0.3) is 0 Å². The molecule has 5 heteroatoms. The first-order valence-electron chi connectivity index (χ1n) is 9.76. The fourth-order valence-electron chi connectivity index (χ4n) is 4.05. The highest BCUT2D eigenvalue weighted by Crippen LogP contribution is 2.30. The minimum Gasteiger partial charge on any atom is -0.497 e. The minimum atomic E-state index is -0.00235. The van der Waals surface area contributed by atoms with Crippen LogP contribution in [0, 0.1) is 6.92 Å². The number of fused-ring (bicyclic) bond motifs is 1. The summed E-state index contributed by atoms with van der Waals surface area (Å²) in [6.07, 6.45) is 0. The van der Waals surface area contributed by atoms with Crippen molar-refractivity contribution in [3.63, 3.8) is 0 Å². The van der Waals surface area contributed by atoms with Crippen molar-refractivity contribution in [2.24, 2.45) is 0 Å². The number of piperazine rings is 1. The van der Waals surface area contributed by atoms with E-state index in [1.165, 1.54) is 5.69 Å². The van der Waals surface area contributed by atoms with Crippen molar-refractivity contribution < 1.29 is 9.84 Å². The lowest BCUT2D eigenvalue weighted by atomic mass is 10.1. The molecule has 3 aromatic rings. The Bertz CT molecular complexity index is 971. The van der Waals surface area contributed by atoms with Crippen LogP contribution in [0.4, 0.5) is 11.5 Å². The number of ether oxygens (including phenoxy) is 1. The molecule has 2 heterocycles. The molecule has 146 valence electrons. The minimum absolute atomic E-state index is 0.00235. The first-order valence-corrected chi connectivity index (χ1v) is 9.76. The Morgan fingerprint density at radius 2 is 1.93 bits per heavy atom. The van der Waals surface area contributed by atoms with Crippen molar-refractivity contribution in [3.05, 3.63) is 59.7 Å². The van der Waals surface area contributed by atoms with Crippen LogP contribution in [0.5, 0.6) is 5.75 Å². The van der Waals surface area contributed by atoms with Gasteiger partial charge in [-0.3, -0.25) is 0 Å². The van der Waals surface area contributed by atoms with Gasteiger partial charge in [-0.05, 0) is 49.7 Å². The van der Waals surface area contributed by atoms with Crippen LogP contribution in [0.3, 0.4) is 0 Å². The Hall–Kier alpha value is -2.79. The predicted molar refractivity (Wildman–Crippen MR) is 114 cm³/mol. The topological polar surface area (TPSA) is 48.8 Å². The van der Waals surface area contributed by atoms with Crippen molar-refractivity contribution in [2.75, 3.05) is 36.5 Å². The molecule has 1 N–H and O–H groups in total. The monoisotopic (exact) mass is 377 g/mol. The third-order valence-corrected chi connectivity index (χ3v) is 5.61. The van der Waals surface area contributed by atoms with Gasteiger partial charge in [0.1, 0.15) is 11.6 Å². The highest BCUT2D eigenvalue weighted by atomic mass is 16.5. The van der Waals surface area contributed by atoms with Crippen molar-refractivity contribution >= 4 is 22.4 Å². The van der Waals surface area contributed by atoms with Crippen LogP contribution in [-0.4, -0.2) is 42.9 Å². The number of hydrogen-bond acceptors (Lipinski definition) is 5. The summed E-state index contributed by atoms with van der Waals surface area (Å²) >= 11 is 0. The number of aryl methyl sites for hydroxylation is 1. The maximum absolute atomic E-state index is 9.95. The molecule has 5 nitrogen and oxygen atoms in total. The fourth-order valence-corrected chi connectivity index (χ4v) is 4.05. The highest BCUT2D eigenvalue weighted by Gasteiger charge is 2.27. The number of hydrogen-bond donors (Lipinski definition) is 1. The highest BCUT2D eigenvalue weighted by molar-refractivity contribution is 5.84. The third-order valence-electron chi connectivity index (χ3n) is 5.61. The van der Waals surface area contributed by atoms with Crippen LogP contribution in [0.2, 0.25) is 0 Å². The molecule has 1 atom stereocenters. The fraction of sp³-hybridized carbons (Fsp3) is 0.348. The Morgan fingerprint density at radius 3 is 2.61 bits per heavy atom. The lowest BCUT2D eigenvalue weighted by molar-refractivity contribution is 0.281. The van der Waals surface area contributed by atoms with Crippen LogP contribution in [-0.2, 0) is 6.61 Å². The van der Waals surface area contributed by atoms with Gasteiger partial charge in [-0.15, -0.1) is 0 Å². The zero-order valence-corrected chi connectivity index (χ0v) is 16.7. The summed E-state index contributed by atoms with van der Waals surface area (Å²) in [5, 5.41) is 11.0. The summed E-state index contributed by atoms with van der Waals surface area (Å²) in [5.41, 5.74) is 4.27. The number of aliphatic hydroxyl groups excluding tert-OH is 1. The Kier molecular flexibility index (Phi) is 5.09. The van der Waals surface area contributed by atoms with E-state index in [4.69, 9.17) is 9.72 Å². The van der Waals surface area contributed by atoms with Gasteiger partial charge in [0.2, 0.25) is 0 Å². The smallest absolute Gasteiger partial charge is 0.135 e. The molecule has 0 saturated carbocycles. The molecule has 0 unspecified atom stereocenters. The third kappa shape index (κ3) is 3.38. The van der Waals surface area contributed by atoms with E-state index in [1.54, 1.807) is 7.11 Å². The second-order valence-electron chi connectivity index (χ2n) is 7.46. The molecular formula is C23H27N3O2. The van der Waals surface area contributed by atoms with Gasteiger partial charge >= 0.3 is 0 Å². The van der Waals surface area contributed by atoms with E-state index >= 15 is 0 Å². The predicted octanol–water partition coefficient (Wildman–Crippen LogP) is 3.76. The Labute approximate surface area is 166 Å². The van der Waals surface area contributed by atoms with Crippen molar-refractivity contribution in [1.29, 1.82) is 0 Å². The molecule has 0 amide bonds. The van der Waals surface area contributed by atoms with E-state index in [-0.39, 0.29) is 12.6 Å². The van der Waals surface area contributed by atoms with Gasteiger partial charge in [0, 0.05) is 42.3 Å². The second kappa shape index (κ2) is 7.68. The number of rotatable bonds is 4. The summed E-state index contributed by atoms with van der Waals surface area (Å²) in [7, 11) is 1.69. The van der Waals surface area contributed by atoms with Crippen LogP contribution in [0.15, 0.2) is 48.5 Å². The normalized spacial score (nSPS) is 17.2. The van der Waals surface area contributed by atoms with Crippen molar-refractivity contribution in [1.82, 2.24) is 4.98 Å². The molecule has 0 radical (unpaired) electrons. The molecular weight excluding hydrogens is 350 g/mol. The summed E-state index contributed by atoms with van der Waals surface area (Å²) in [6.45, 7) is 6.99. The number of pyridine rings is 1. The van der Waals surface area contributed by atoms with Crippen molar-refractivity contribution in [2.45, 2.75) is 26.5 Å². The summed E-state index contributed by atoms with van der Waals surface area (Å²) in [5.74, 6) is 1.78. The van der Waals surface area contributed by atoms with Gasteiger partial charge in [0.15, 0.2) is 0 Å². The molecule has 28 heavy (non-hydrogen) atoms. The molecule has 1 saturated heterocycles. The maximum Gasteiger partial charge on any atom is 0.135 e. The van der Waals surface area contributed by atoms with Crippen LogP contribution >= 0.6 is 0 Å². The van der Waals surface area contributed by atoms with E-state index in [0.29, 0.717) is 0 Å². The van der Waals surface area contributed by atoms with Gasteiger partial charge in [-0.1, -0.05) is 18.2 Å². The Balaban J connectivity index is 1.61. The first-order chi connectivity index (χ1) is 13.6. The lowest BCUT2D eigenvalue weighted by Crippen LogP contribution is -2.52. The summed E-state index contributed by atoms with van der Waals surface area (Å²) in [6, 6.07) is 16.8. The average Bonchev–Trinajstić information content (AvgIpc) is 2.73. The molecule has 2 aromatic carbocycles. The molecule has 1 aliphatic rings. The number of methoxy groups -OCH3 is 1. The number of benzene rings is 2. The molecule has 0 bridgehead atoms. The molecule has 1 aliphatic heterocycles. The zero-order chi connectivity index (χ0) is 19.7. The molecule has 0 spiro atoms. The number of nitrogens with zero attached hydrogens (tertiary/aromatic N) is 3. The van der Waals surface area contributed by atoms with Gasteiger partial charge in [-0.2, -0.15) is 0 Å². The molecule has 1 fully saturated rings. The lowest BCUT2D eigenvalue weighted by Gasteiger charge is -2.42. The number of aromatic nitrogens is 1. The van der Waals surface area contributed by atoms with Gasteiger partial charge < -0.3 is 19.6 Å².